The molecule has 0 aromatic carbocycles. The van der Waals surface area contributed by atoms with Crippen LogP contribution in [-0.4, -0.2) is 37.5 Å². The Morgan fingerprint density at radius 2 is 2.09 bits per heavy atom. The standard InChI is InChI=1S/C17H28N4O2/c1-3-18-17(21-14-8-6-13(2)7-9-14)20-11-10-19-16(22)15-5-4-12-23-15/h4-5,12-14H,3,6-11H2,1-2H3,(H,19,22)(H2,18,20,21). The Bertz CT molecular complexity index is 491. The monoisotopic (exact) mass is 320 g/mol. The number of carbonyl (C=O) groups excluding carboxylic acids is 1. The summed E-state index contributed by atoms with van der Waals surface area (Å²) in [6, 6.07) is 3.85. The summed E-state index contributed by atoms with van der Waals surface area (Å²) in [6.45, 7) is 6.21. The van der Waals surface area contributed by atoms with Gasteiger partial charge in [0.05, 0.1) is 12.8 Å². The fraction of sp³-hybridized carbons (Fsp3) is 0.647. The molecule has 0 atom stereocenters. The van der Waals surface area contributed by atoms with Crippen molar-refractivity contribution in [2.45, 2.75) is 45.6 Å². The van der Waals surface area contributed by atoms with E-state index in [4.69, 9.17) is 4.42 Å². The molecule has 1 aromatic heterocycles. The molecule has 1 aromatic rings. The Hall–Kier alpha value is -1.98. The molecule has 1 aliphatic rings. The van der Waals surface area contributed by atoms with E-state index in [1.807, 2.05) is 0 Å². The number of carbonyl (C=O) groups is 1. The molecule has 0 aliphatic heterocycles. The number of nitrogens with one attached hydrogen (secondary N) is 3. The van der Waals surface area contributed by atoms with Crippen molar-refractivity contribution in [3.63, 3.8) is 0 Å². The minimum Gasteiger partial charge on any atom is -0.459 e. The molecule has 6 heteroatoms. The zero-order valence-corrected chi connectivity index (χ0v) is 14.1. The Balaban J connectivity index is 1.73. The highest BCUT2D eigenvalue weighted by Gasteiger charge is 2.18. The molecule has 1 fully saturated rings. The first-order chi connectivity index (χ1) is 11.2. The molecular weight excluding hydrogens is 292 g/mol. The van der Waals surface area contributed by atoms with Gasteiger partial charge in [-0.3, -0.25) is 9.79 Å². The van der Waals surface area contributed by atoms with Gasteiger partial charge in [0, 0.05) is 19.1 Å². The highest BCUT2D eigenvalue weighted by atomic mass is 16.3. The predicted molar refractivity (Wildman–Crippen MR) is 91.6 cm³/mol. The van der Waals surface area contributed by atoms with Crippen LogP contribution in [0.1, 0.15) is 50.1 Å². The van der Waals surface area contributed by atoms with Gasteiger partial charge in [-0.05, 0) is 50.7 Å². The summed E-state index contributed by atoms with van der Waals surface area (Å²) in [6.07, 6.45) is 6.43. The fourth-order valence-electron chi connectivity index (χ4n) is 2.75. The second kappa shape index (κ2) is 9.22. The molecule has 0 unspecified atom stereocenters. The van der Waals surface area contributed by atoms with Crippen molar-refractivity contribution in [3.05, 3.63) is 24.2 Å². The average Bonchev–Trinajstić information content (AvgIpc) is 3.08. The van der Waals surface area contributed by atoms with Crippen LogP contribution in [0.4, 0.5) is 0 Å². The van der Waals surface area contributed by atoms with E-state index in [2.05, 4.69) is 34.8 Å². The van der Waals surface area contributed by atoms with E-state index in [1.165, 1.54) is 31.9 Å². The van der Waals surface area contributed by atoms with Crippen LogP contribution in [0.3, 0.4) is 0 Å². The van der Waals surface area contributed by atoms with Gasteiger partial charge in [-0.25, -0.2) is 0 Å². The number of amides is 1. The quantitative estimate of drug-likeness (QED) is 0.426. The molecule has 1 amide bonds. The van der Waals surface area contributed by atoms with Crippen molar-refractivity contribution in [2.75, 3.05) is 19.6 Å². The van der Waals surface area contributed by atoms with Crippen LogP contribution in [0.25, 0.3) is 0 Å². The lowest BCUT2D eigenvalue weighted by Gasteiger charge is -2.28. The highest BCUT2D eigenvalue weighted by molar-refractivity contribution is 5.91. The summed E-state index contributed by atoms with van der Waals surface area (Å²) in [5.74, 6) is 1.79. The topological polar surface area (TPSA) is 78.7 Å². The molecular formula is C17H28N4O2. The van der Waals surface area contributed by atoms with Crippen LogP contribution in [0.15, 0.2) is 27.8 Å². The van der Waals surface area contributed by atoms with E-state index < -0.39 is 0 Å². The van der Waals surface area contributed by atoms with E-state index in [1.54, 1.807) is 12.1 Å². The Morgan fingerprint density at radius 3 is 2.74 bits per heavy atom. The first kappa shape index (κ1) is 17.4. The second-order valence-electron chi connectivity index (χ2n) is 6.09. The number of furan rings is 1. The lowest BCUT2D eigenvalue weighted by Crippen LogP contribution is -2.45. The SMILES string of the molecule is CCNC(=NCCNC(=O)c1ccco1)NC1CCC(C)CC1. The van der Waals surface area contributed by atoms with Crippen molar-refractivity contribution in [1.29, 1.82) is 0 Å². The molecule has 128 valence electrons. The first-order valence-corrected chi connectivity index (χ1v) is 8.55. The van der Waals surface area contributed by atoms with Crippen molar-refractivity contribution < 1.29 is 9.21 Å². The van der Waals surface area contributed by atoms with E-state index in [-0.39, 0.29) is 5.91 Å². The zero-order valence-electron chi connectivity index (χ0n) is 14.1. The van der Waals surface area contributed by atoms with Gasteiger partial charge in [-0.15, -0.1) is 0 Å². The highest BCUT2D eigenvalue weighted by Crippen LogP contribution is 2.23. The van der Waals surface area contributed by atoms with Crippen LogP contribution >= 0.6 is 0 Å². The number of hydrogen-bond acceptors (Lipinski definition) is 3. The number of nitrogens with zero attached hydrogens (tertiary/aromatic N) is 1. The maximum Gasteiger partial charge on any atom is 0.287 e. The van der Waals surface area contributed by atoms with Crippen LogP contribution in [0.2, 0.25) is 0 Å². The number of guanidine groups is 1. The minimum absolute atomic E-state index is 0.204. The maximum atomic E-state index is 11.7. The Kier molecular flexibility index (Phi) is 6.97. The fourth-order valence-corrected chi connectivity index (χ4v) is 2.75. The van der Waals surface area contributed by atoms with E-state index >= 15 is 0 Å². The summed E-state index contributed by atoms with van der Waals surface area (Å²) in [7, 11) is 0. The number of rotatable bonds is 6. The van der Waals surface area contributed by atoms with Crippen LogP contribution in [0, 0.1) is 5.92 Å². The summed E-state index contributed by atoms with van der Waals surface area (Å²) in [5, 5.41) is 9.56. The normalized spacial score (nSPS) is 21.7. The van der Waals surface area contributed by atoms with Gasteiger partial charge in [0.1, 0.15) is 0 Å². The van der Waals surface area contributed by atoms with Gasteiger partial charge < -0.3 is 20.4 Å². The predicted octanol–water partition coefficient (Wildman–Crippen LogP) is 2.14. The van der Waals surface area contributed by atoms with Crippen LogP contribution in [0.5, 0.6) is 0 Å². The number of aliphatic imine (C=N–C) groups is 1. The second-order valence-corrected chi connectivity index (χ2v) is 6.09. The van der Waals surface area contributed by atoms with E-state index in [0.29, 0.717) is 24.9 Å². The van der Waals surface area contributed by atoms with Gasteiger partial charge in [0.25, 0.3) is 5.91 Å². The Labute approximate surface area is 138 Å². The molecule has 1 heterocycles. The van der Waals surface area contributed by atoms with Gasteiger partial charge >= 0.3 is 0 Å². The van der Waals surface area contributed by atoms with Crippen molar-refractivity contribution in [3.8, 4) is 0 Å². The van der Waals surface area contributed by atoms with Gasteiger partial charge in [0.2, 0.25) is 0 Å². The van der Waals surface area contributed by atoms with Crippen molar-refractivity contribution >= 4 is 11.9 Å². The molecule has 0 spiro atoms. The average molecular weight is 320 g/mol. The molecule has 1 aliphatic carbocycles. The first-order valence-electron chi connectivity index (χ1n) is 8.55. The molecule has 6 nitrogen and oxygen atoms in total. The van der Waals surface area contributed by atoms with E-state index in [9.17, 15) is 4.79 Å². The molecule has 0 radical (unpaired) electrons. The molecule has 3 N–H and O–H groups in total. The Morgan fingerprint density at radius 1 is 1.30 bits per heavy atom. The summed E-state index contributed by atoms with van der Waals surface area (Å²) in [4.78, 5) is 16.3. The molecule has 0 bridgehead atoms. The van der Waals surface area contributed by atoms with Crippen molar-refractivity contribution in [2.24, 2.45) is 10.9 Å². The molecule has 1 saturated carbocycles. The largest absolute Gasteiger partial charge is 0.459 e. The third-order valence-corrected chi connectivity index (χ3v) is 4.11. The van der Waals surface area contributed by atoms with Crippen LogP contribution in [-0.2, 0) is 0 Å². The smallest absolute Gasteiger partial charge is 0.287 e. The lowest BCUT2D eigenvalue weighted by atomic mass is 9.87. The third kappa shape index (κ3) is 5.96. The summed E-state index contributed by atoms with van der Waals surface area (Å²) >= 11 is 0. The van der Waals surface area contributed by atoms with Gasteiger partial charge in [-0.2, -0.15) is 0 Å². The van der Waals surface area contributed by atoms with Gasteiger partial charge in [-0.1, -0.05) is 6.92 Å². The molecule has 23 heavy (non-hydrogen) atoms. The van der Waals surface area contributed by atoms with Crippen LogP contribution < -0.4 is 16.0 Å². The number of hydrogen-bond donors (Lipinski definition) is 3. The molecule has 2 rings (SSSR count). The lowest BCUT2D eigenvalue weighted by molar-refractivity contribution is 0.0927. The zero-order chi connectivity index (χ0) is 16.5. The third-order valence-electron chi connectivity index (χ3n) is 4.11. The summed E-state index contributed by atoms with van der Waals surface area (Å²) in [5.41, 5.74) is 0. The van der Waals surface area contributed by atoms with E-state index in [0.717, 1.165) is 18.4 Å². The minimum atomic E-state index is -0.204. The molecule has 0 saturated heterocycles. The maximum absolute atomic E-state index is 11.7. The van der Waals surface area contributed by atoms with Crippen molar-refractivity contribution in [1.82, 2.24) is 16.0 Å². The summed E-state index contributed by atoms with van der Waals surface area (Å²) < 4.78 is 5.05. The van der Waals surface area contributed by atoms with Gasteiger partial charge in [0.15, 0.2) is 11.7 Å².